The maximum atomic E-state index is 6.43. The summed E-state index contributed by atoms with van der Waals surface area (Å²) in [4.78, 5) is 2.57. The summed E-state index contributed by atoms with van der Waals surface area (Å²) in [6.45, 7) is 0. The maximum Gasteiger partial charge on any atom is 0.143 e. The first-order valence-electron chi connectivity index (χ1n) is 17.9. The van der Waals surface area contributed by atoms with Gasteiger partial charge in [-0.3, -0.25) is 0 Å². The van der Waals surface area contributed by atoms with Crippen LogP contribution in [0.1, 0.15) is 28.8 Å². The van der Waals surface area contributed by atoms with Crippen molar-refractivity contribution in [2.45, 2.75) is 12.0 Å². The van der Waals surface area contributed by atoms with Crippen LogP contribution in [0.25, 0.3) is 75.9 Å². The van der Waals surface area contributed by atoms with Crippen molar-refractivity contribution in [2.75, 3.05) is 4.90 Å². The van der Waals surface area contributed by atoms with Crippen LogP contribution in [-0.4, -0.2) is 4.57 Å². The number of fused-ring (bicyclic) bond motifs is 13. The number of hydrogen-bond donors (Lipinski definition) is 0. The molecule has 0 amide bonds. The zero-order valence-electron chi connectivity index (χ0n) is 28.0. The summed E-state index contributed by atoms with van der Waals surface area (Å²) in [5.41, 5.74) is 13.1. The highest BCUT2D eigenvalue weighted by Gasteiger charge is 2.44. The SMILES string of the molecule is C1=CC2c3ccccc3N(c3ccccc3)C2c2c1c1ccccc1n2-c1ccc2c(c1)sc1cc(-c3cccc4c3oc3ccccc34)ccc12. The van der Waals surface area contributed by atoms with Gasteiger partial charge in [-0.1, -0.05) is 121 Å². The molecular formula is C48H30N2OS. The van der Waals surface area contributed by atoms with Gasteiger partial charge in [-0.15, -0.1) is 11.3 Å². The Morgan fingerprint density at radius 3 is 2.23 bits per heavy atom. The van der Waals surface area contributed by atoms with Crippen LogP contribution >= 0.6 is 11.3 Å². The lowest BCUT2D eigenvalue weighted by Gasteiger charge is -2.33. The quantitative estimate of drug-likeness (QED) is 0.185. The normalized spacial score (nSPS) is 16.3. The second-order valence-electron chi connectivity index (χ2n) is 14.0. The highest BCUT2D eigenvalue weighted by Crippen LogP contribution is 2.57. The highest BCUT2D eigenvalue weighted by atomic mass is 32.1. The van der Waals surface area contributed by atoms with Crippen LogP contribution in [0, 0.1) is 0 Å². The Hall–Kier alpha value is -6.36. The molecule has 0 saturated heterocycles. The van der Waals surface area contributed by atoms with Crippen molar-refractivity contribution >= 4 is 81.8 Å². The standard InChI is InChI=1S/C48H30N2OS/c1-2-11-30(12-3-1)49-41-18-7-4-13-33(41)38-25-26-39-34-14-5-8-19-42(34)50(47(39)46(38)49)31-22-24-37-36-23-21-29(27-44(36)52-45(37)28-31)32-16-10-17-40-35-15-6-9-20-43(35)51-48(32)40/h1-28,38,46H. The van der Waals surface area contributed by atoms with E-state index >= 15 is 0 Å². The van der Waals surface area contributed by atoms with Crippen molar-refractivity contribution in [1.29, 1.82) is 0 Å². The van der Waals surface area contributed by atoms with Crippen molar-refractivity contribution in [1.82, 2.24) is 4.57 Å². The Balaban J connectivity index is 1.04. The number of thiophene rings is 1. The topological polar surface area (TPSA) is 21.3 Å². The zero-order valence-corrected chi connectivity index (χ0v) is 28.8. The van der Waals surface area contributed by atoms with Gasteiger partial charge in [0.2, 0.25) is 0 Å². The second kappa shape index (κ2) is 10.6. The molecule has 244 valence electrons. The van der Waals surface area contributed by atoms with Crippen LogP contribution in [0.5, 0.6) is 0 Å². The van der Waals surface area contributed by atoms with E-state index in [-0.39, 0.29) is 12.0 Å². The summed E-state index contributed by atoms with van der Waals surface area (Å²) in [5, 5.41) is 6.18. The van der Waals surface area contributed by atoms with Crippen LogP contribution in [0.4, 0.5) is 11.4 Å². The molecule has 0 saturated carbocycles. The van der Waals surface area contributed by atoms with E-state index in [2.05, 4.69) is 173 Å². The smallest absolute Gasteiger partial charge is 0.143 e. The monoisotopic (exact) mass is 682 g/mol. The van der Waals surface area contributed by atoms with Crippen LogP contribution < -0.4 is 4.90 Å². The van der Waals surface area contributed by atoms with E-state index in [1.54, 1.807) is 0 Å². The first-order chi connectivity index (χ1) is 25.8. The molecule has 0 bridgehead atoms. The highest BCUT2D eigenvalue weighted by molar-refractivity contribution is 7.25. The number of benzene rings is 7. The molecule has 4 heteroatoms. The van der Waals surface area contributed by atoms with Gasteiger partial charge in [0.1, 0.15) is 11.2 Å². The number of para-hydroxylation sites is 5. The zero-order chi connectivity index (χ0) is 33.9. The lowest BCUT2D eigenvalue weighted by Crippen LogP contribution is -2.26. The molecule has 3 aromatic heterocycles. The molecule has 1 aliphatic carbocycles. The Morgan fingerprint density at radius 2 is 1.31 bits per heavy atom. The predicted molar refractivity (Wildman–Crippen MR) is 218 cm³/mol. The van der Waals surface area contributed by atoms with Crippen molar-refractivity contribution in [3.63, 3.8) is 0 Å². The van der Waals surface area contributed by atoms with Crippen molar-refractivity contribution < 1.29 is 4.42 Å². The van der Waals surface area contributed by atoms with Gasteiger partial charge in [0.15, 0.2) is 0 Å². The van der Waals surface area contributed by atoms with Gasteiger partial charge in [-0.25, -0.2) is 0 Å². The van der Waals surface area contributed by atoms with Crippen LogP contribution in [-0.2, 0) is 0 Å². The number of aromatic nitrogens is 1. The Labute approximate surface area is 303 Å². The van der Waals surface area contributed by atoms with E-state index in [1.165, 1.54) is 70.5 Å². The molecule has 0 N–H and O–H groups in total. The van der Waals surface area contributed by atoms with Crippen LogP contribution in [0.2, 0.25) is 0 Å². The maximum absolute atomic E-state index is 6.43. The third-order valence-electron chi connectivity index (χ3n) is 11.3. The largest absolute Gasteiger partial charge is 0.455 e. The fraction of sp³-hybridized carbons (Fsp3) is 0.0417. The summed E-state index contributed by atoms with van der Waals surface area (Å²) < 4.78 is 11.5. The molecule has 2 atom stereocenters. The van der Waals surface area contributed by atoms with Gasteiger partial charge in [-0.05, 0) is 59.7 Å². The molecule has 12 rings (SSSR count). The molecule has 7 aromatic carbocycles. The van der Waals surface area contributed by atoms with Gasteiger partial charge >= 0.3 is 0 Å². The predicted octanol–water partition coefficient (Wildman–Crippen LogP) is 13.6. The fourth-order valence-corrected chi connectivity index (χ4v) is 10.3. The number of nitrogens with zero attached hydrogens (tertiary/aromatic N) is 2. The van der Waals surface area contributed by atoms with Gasteiger partial charge in [-0.2, -0.15) is 0 Å². The fourth-order valence-electron chi connectivity index (χ4n) is 9.14. The van der Waals surface area contributed by atoms with Crippen LogP contribution in [0.15, 0.2) is 168 Å². The summed E-state index contributed by atoms with van der Waals surface area (Å²) >= 11 is 1.87. The molecule has 0 radical (unpaired) electrons. The molecule has 0 fully saturated rings. The van der Waals surface area contributed by atoms with Gasteiger partial charge in [0.05, 0.1) is 17.3 Å². The molecule has 52 heavy (non-hydrogen) atoms. The van der Waals surface area contributed by atoms with E-state index in [9.17, 15) is 0 Å². The minimum Gasteiger partial charge on any atom is -0.455 e. The number of anilines is 2. The van der Waals surface area contributed by atoms with E-state index in [0.29, 0.717) is 0 Å². The molecular weight excluding hydrogens is 653 g/mol. The summed E-state index contributed by atoms with van der Waals surface area (Å²) in [6, 6.07) is 57.6. The summed E-state index contributed by atoms with van der Waals surface area (Å²) in [5.74, 6) is 0.245. The summed E-state index contributed by atoms with van der Waals surface area (Å²) in [7, 11) is 0. The van der Waals surface area contributed by atoms with E-state index in [1.807, 2.05) is 17.4 Å². The average molecular weight is 683 g/mol. The van der Waals surface area contributed by atoms with Crippen LogP contribution in [0.3, 0.4) is 0 Å². The third kappa shape index (κ3) is 3.85. The minimum absolute atomic E-state index is 0.119. The van der Waals surface area contributed by atoms with Gasteiger partial charge in [0.25, 0.3) is 0 Å². The lowest BCUT2D eigenvalue weighted by atomic mass is 9.86. The van der Waals surface area contributed by atoms with Gasteiger partial charge < -0.3 is 13.9 Å². The van der Waals surface area contributed by atoms with Crippen molar-refractivity contribution in [3.05, 3.63) is 181 Å². The Kier molecular flexibility index (Phi) is 5.77. The number of hydrogen-bond acceptors (Lipinski definition) is 3. The van der Waals surface area contributed by atoms with E-state index < -0.39 is 0 Å². The van der Waals surface area contributed by atoms with Crippen molar-refractivity contribution in [2.24, 2.45) is 0 Å². The van der Waals surface area contributed by atoms with E-state index in [4.69, 9.17) is 4.42 Å². The number of furan rings is 1. The first kappa shape index (κ1) is 28.3. The average Bonchev–Trinajstić information content (AvgIpc) is 3.95. The number of rotatable bonds is 3. The molecule has 1 aliphatic heterocycles. The van der Waals surface area contributed by atoms with E-state index in [0.717, 1.165) is 27.5 Å². The lowest BCUT2D eigenvalue weighted by molar-refractivity contribution is 0.636. The summed E-state index contributed by atoms with van der Waals surface area (Å²) in [6.07, 6.45) is 4.81. The molecule has 0 spiro atoms. The third-order valence-corrected chi connectivity index (χ3v) is 12.5. The Morgan fingerprint density at radius 1 is 0.558 bits per heavy atom. The molecule has 2 aliphatic rings. The molecule has 3 nitrogen and oxygen atoms in total. The van der Waals surface area contributed by atoms with Gasteiger partial charge in [0, 0.05) is 70.4 Å². The molecule has 4 heterocycles. The second-order valence-corrected chi connectivity index (χ2v) is 15.1. The molecule has 10 aromatic rings. The Bertz CT molecular complexity index is 3110. The minimum atomic E-state index is 0.119. The molecule has 2 unspecified atom stereocenters. The first-order valence-corrected chi connectivity index (χ1v) is 18.7. The van der Waals surface area contributed by atoms with Crippen molar-refractivity contribution in [3.8, 4) is 16.8 Å².